The largest absolute Gasteiger partial charge is 0.482 e. The van der Waals surface area contributed by atoms with E-state index in [0.717, 1.165) is 12.8 Å². The smallest absolute Gasteiger partial charge is 0.344 e. The highest BCUT2D eigenvalue weighted by Gasteiger charge is 2.19. The Kier molecular flexibility index (Phi) is 9.06. The van der Waals surface area contributed by atoms with Gasteiger partial charge < -0.3 is 14.8 Å². The zero-order valence-corrected chi connectivity index (χ0v) is 17.7. The molecule has 0 unspecified atom stereocenters. The first kappa shape index (κ1) is 23.1. The second-order valence-corrected chi connectivity index (χ2v) is 7.16. The SMILES string of the molecule is CCC(=O)c1ccc(OCC(=O)O[C@H](C)C(=O)N[C@@H](C)CCc2ccccc2)cc1. The lowest BCUT2D eigenvalue weighted by Gasteiger charge is -2.18. The van der Waals surface area contributed by atoms with Crippen LogP contribution in [-0.2, 0) is 20.7 Å². The Labute approximate surface area is 177 Å². The predicted octanol–water partition coefficient (Wildman–Crippen LogP) is 3.73. The van der Waals surface area contributed by atoms with Crippen LogP contribution in [0.5, 0.6) is 5.75 Å². The summed E-state index contributed by atoms with van der Waals surface area (Å²) in [7, 11) is 0. The molecule has 1 N–H and O–H groups in total. The van der Waals surface area contributed by atoms with Gasteiger partial charge in [-0.3, -0.25) is 9.59 Å². The fourth-order valence-electron chi connectivity index (χ4n) is 2.83. The van der Waals surface area contributed by atoms with Gasteiger partial charge in [-0.15, -0.1) is 0 Å². The highest BCUT2D eigenvalue weighted by Crippen LogP contribution is 2.13. The van der Waals surface area contributed by atoms with Crippen molar-refractivity contribution >= 4 is 17.7 Å². The topological polar surface area (TPSA) is 81.7 Å². The number of amides is 1. The Hall–Kier alpha value is -3.15. The lowest BCUT2D eigenvalue weighted by atomic mass is 10.1. The van der Waals surface area contributed by atoms with Gasteiger partial charge in [0, 0.05) is 18.0 Å². The van der Waals surface area contributed by atoms with Crippen LogP contribution in [0.3, 0.4) is 0 Å². The third kappa shape index (κ3) is 7.70. The number of esters is 1. The Bertz CT molecular complexity index is 832. The second-order valence-electron chi connectivity index (χ2n) is 7.16. The maximum atomic E-state index is 12.2. The van der Waals surface area contributed by atoms with Gasteiger partial charge in [0.15, 0.2) is 18.5 Å². The van der Waals surface area contributed by atoms with E-state index in [0.29, 0.717) is 17.7 Å². The third-order valence-corrected chi connectivity index (χ3v) is 4.63. The molecule has 0 saturated carbocycles. The van der Waals surface area contributed by atoms with Gasteiger partial charge in [-0.1, -0.05) is 37.3 Å². The van der Waals surface area contributed by atoms with Crippen molar-refractivity contribution in [1.82, 2.24) is 5.32 Å². The first-order valence-corrected chi connectivity index (χ1v) is 10.2. The molecule has 2 aromatic rings. The average Bonchev–Trinajstić information content (AvgIpc) is 2.76. The van der Waals surface area contributed by atoms with Crippen molar-refractivity contribution in [2.45, 2.75) is 52.2 Å². The summed E-state index contributed by atoms with van der Waals surface area (Å²) in [4.78, 5) is 35.8. The molecule has 0 aliphatic rings. The monoisotopic (exact) mass is 411 g/mol. The number of ketones is 1. The Morgan fingerprint density at radius 1 is 0.967 bits per heavy atom. The van der Waals surface area contributed by atoms with E-state index in [1.807, 2.05) is 37.3 Å². The second kappa shape index (κ2) is 11.8. The molecule has 6 heteroatoms. The van der Waals surface area contributed by atoms with Crippen molar-refractivity contribution in [3.63, 3.8) is 0 Å². The number of carbonyl (C=O) groups is 3. The quantitative estimate of drug-likeness (QED) is 0.450. The van der Waals surface area contributed by atoms with Gasteiger partial charge in [0.25, 0.3) is 5.91 Å². The van der Waals surface area contributed by atoms with E-state index in [9.17, 15) is 14.4 Å². The van der Waals surface area contributed by atoms with Gasteiger partial charge in [-0.05, 0) is 56.5 Å². The van der Waals surface area contributed by atoms with E-state index in [-0.39, 0.29) is 24.3 Å². The van der Waals surface area contributed by atoms with E-state index < -0.39 is 12.1 Å². The lowest BCUT2D eigenvalue weighted by Crippen LogP contribution is -2.41. The molecule has 0 spiro atoms. The normalized spacial score (nSPS) is 12.5. The molecular formula is C24H29NO5. The standard InChI is InChI=1S/C24H29NO5/c1-4-22(26)20-12-14-21(15-13-20)29-16-23(27)30-18(3)24(28)25-17(2)10-11-19-8-6-5-7-9-19/h5-9,12-15,17-18H,4,10-11,16H2,1-3H3,(H,25,28)/t17-,18+/m0/s1. The molecule has 0 saturated heterocycles. The van der Waals surface area contributed by atoms with Crippen LogP contribution in [0.25, 0.3) is 0 Å². The molecule has 6 nitrogen and oxygen atoms in total. The summed E-state index contributed by atoms with van der Waals surface area (Å²) in [6, 6.07) is 16.6. The third-order valence-electron chi connectivity index (χ3n) is 4.63. The highest BCUT2D eigenvalue weighted by atomic mass is 16.6. The molecule has 0 aliphatic carbocycles. The Morgan fingerprint density at radius 3 is 2.27 bits per heavy atom. The fraction of sp³-hybridized carbons (Fsp3) is 0.375. The van der Waals surface area contributed by atoms with Crippen molar-refractivity contribution in [1.29, 1.82) is 0 Å². The Morgan fingerprint density at radius 2 is 1.63 bits per heavy atom. The zero-order valence-electron chi connectivity index (χ0n) is 17.7. The fourth-order valence-corrected chi connectivity index (χ4v) is 2.83. The van der Waals surface area contributed by atoms with Crippen molar-refractivity contribution in [2.24, 2.45) is 0 Å². The number of benzene rings is 2. The molecule has 1 amide bonds. The number of hydrogen-bond donors (Lipinski definition) is 1. The predicted molar refractivity (Wildman–Crippen MR) is 114 cm³/mol. The minimum Gasteiger partial charge on any atom is -0.482 e. The zero-order chi connectivity index (χ0) is 21.9. The number of hydrogen-bond acceptors (Lipinski definition) is 5. The van der Waals surface area contributed by atoms with Gasteiger partial charge in [-0.2, -0.15) is 0 Å². The summed E-state index contributed by atoms with van der Waals surface area (Å²) < 4.78 is 10.5. The van der Waals surface area contributed by atoms with Crippen LogP contribution in [0.2, 0.25) is 0 Å². The molecular weight excluding hydrogens is 382 g/mol. The van der Waals surface area contributed by atoms with Gasteiger partial charge in [0.1, 0.15) is 5.75 Å². The molecule has 0 fully saturated rings. The van der Waals surface area contributed by atoms with Crippen LogP contribution in [0.4, 0.5) is 0 Å². The minimum atomic E-state index is -0.912. The molecule has 0 radical (unpaired) electrons. The maximum absolute atomic E-state index is 12.2. The molecule has 0 aliphatic heterocycles. The summed E-state index contributed by atoms with van der Waals surface area (Å²) in [5.41, 5.74) is 1.81. The molecule has 2 aromatic carbocycles. The van der Waals surface area contributed by atoms with Crippen LogP contribution in [0, 0.1) is 0 Å². The van der Waals surface area contributed by atoms with Crippen LogP contribution >= 0.6 is 0 Å². The summed E-state index contributed by atoms with van der Waals surface area (Å²) in [5.74, 6) is -0.486. The molecule has 160 valence electrons. The van der Waals surface area contributed by atoms with Crippen molar-refractivity contribution < 1.29 is 23.9 Å². The summed E-state index contributed by atoms with van der Waals surface area (Å²) in [6.07, 6.45) is 1.16. The number of aryl methyl sites for hydroxylation is 1. The van der Waals surface area contributed by atoms with Crippen LogP contribution in [0.15, 0.2) is 54.6 Å². The summed E-state index contributed by atoms with van der Waals surface area (Å²) >= 11 is 0. The number of ether oxygens (including phenoxy) is 2. The highest BCUT2D eigenvalue weighted by molar-refractivity contribution is 5.95. The first-order valence-electron chi connectivity index (χ1n) is 10.2. The number of carbonyl (C=O) groups excluding carboxylic acids is 3. The van der Waals surface area contributed by atoms with E-state index in [4.69, 9.17) is 9.47 Å². The number of nitrogens with one attached hydrogen (secondary N) is 1. The molecule has 0 heterocycles. The van der Waals surface area contributed by atoms with Gasteiger partial charge in [-0.25, -0.2) is 4.79 Å². The van der Waals surface area contributed by atoms with Gasteiger partial charge in [0.05, 0.1) is 0 Å². The number of rotatable bonds is 11. The van der Waals surface area contributed by atoms with E-state index >= 15 is 0 Å². The van der Waals surface area contributed by atoms with Crippen LogP contribution in [-0.4, -0.2) is 36.4 Å². The molecule has 0 aromatic heterocycles. The van der Waals surface area contributed by atoms with E-state index in [2.05, 4.69) is 5.32 Å². The molecule has 2 atom stereocenters. The average molecular weight is 411 g/mol. The lowest BCUT2D eigenvalue weighted by molar-refractivity contribution is -0.156. The Balaban J connectivity index is 1.71. The van der Waals surface area contributed by atoms with Crippen LogP contribution in [0.1, 0.15) is 49.5 Å². The van der Waals surface area contributed by atoms with Crippen molar-refractivity contribution in [2.75, 3.05) is 6.61 Å². The maximum Gasteiger partial charge on any atom is 0.344 e. The first-order chi connectivity index (χ1) is 14.4. The van der Waals surface area contributed by atoms with Crippen molar-refractivity contribution in [3.05, 3.63) is 65.7 Å². The summed E-state index contributed by atoms with van der Waals surface area (Å²) in [5, 5.41) is 2.86. The molecule has 30 heavy (non-hydrogen) atoms. The number of Topliss-reactive ketones (excluding diaryl/α,β-unsaturated/α-hetero) is 1. The van der Waals surface area contributed by atoms with Crippen LogP contribution < -0.4 is 10.1 Å². The van der Waals surface area contributed by atoms with E-state index in [1.165, 1.54) is 12.5 Å². The molecule has 0 bridgehead atoms. The van der Waals surface area contributed by atoms with Crippen molar-refractivity contribution in [3.8, 4) is 5.75 Å². The minimum absolute atomic E-state index is 0.0405. The molecule has 2 rings (SSSR count). The van der Waals surface area contributed by atoms with Gasteiger partial charge in [0.2, 0.25) is 0 Å². The summed E-state index contributed by atoms with van der Waals surface area (Å²) in [6.45, 7) is 4.93. The van der Waals surface area contributed by atoms with E-state index in [1.54, 1.807) is 31.2 Å². The van der Waals surface area contributed by atoms with Gasteiger partial charge >= 0.3 is 5.97 Å².